The predicted molar refractivity (Wildman–Crippen MR) is 101 cm³/mol. The number of nitriles is 1. The third-order valence-corrected chi connectivity index (χ3v) is 3.72. The van der Waals surface area contributed by atoms with E-state index in [4.69, 9.17) is 0 Å². The maximum atomic E-state index is 12.1. The predicted octanol–water partition coefficient (Wildman–Crippen LogP) is 4.03. The molecule has 25 heavy (non-hydrogen) atoms. The number of hydrogen-bond acceptors (Lipinski definition) is 3. The van der Waals surface area contributed by atoms with E-state index >= 15 is 0 Å². The van der Waals surface area contributed by atoms with Crippen molar-refractivity contribution in [1.82, 2.24) is 5.32 Å². The zero-order valence-corrected chi connectivity index (χ0v) is 15.1. The highest BCUT2D eigenvalue weighted by molar-refractivity contribution is 6.01. The lowest BCUT2D eigenvalue weighted by molar-refractivity contribution is -0.117. The molecule has 0 fully saturated rings. The van der Waals surface area contributed by atoms with Crippen LogP contribution in [0.15, 0.2) is 29.8 Å². The summed E-state index contributed by atoms with van der Waals surface area (Å²) in [5.41, 5.74) is 1.49. The van der Waals surface area contributed by atoms with Crippen LogP contribution >= 0.6 is 0 Å². The number of carbonyl (C=O) groups excluding carboxylic acids is 2. The third-order valence-electron chi connectivity index (χ3n) is 3.72. The Morgan fingerprint density at radius 1 is 1.08 bits per heavy atom. The minimum atomic E-state index is -0.345. The average molecular weight is 341 g/mol. The Morgan fingerprint density at radius 3 is 2.32 bits per heavy atom. The fourth-order valence-electron chi connectivity index (χ4n) is 2.38. The number of nitrogens with zero attached hydrogens (tertiary/aromatic N) is 1. The smallest absolute Gasteiger partial charge is 0.261 e. The molecule has 1 rings (SSSR count). The number of rotatable bonds is 10. The minimum Gasteiger partial charge on any atom is -0.351 e. The van der Waals surface area contributed by atoms with E-state index in [1.165, 1.54) is 32.6 Å². The highest BCUT2D eigenvalue weighted by atomic mass is 16.2. The second-order valence-corrected chi connectivity index (χ2v) is 6.00. The van der Waals surface area contributed by atoms with Crippen molar-refractivity contribution in [2.45, 2.75) is 52.4 Å². The van der Waals surface area contributed by atoms with Crippen LogP contribution in [0, 0.1) is 11.3 Å². The molecule has 1 aromatic carbocycles. The molecule has 0 atom stereocenters. The van der Waals surface area contributed by atoms with Crippen LogP contribution < -0.4 is 10.6 Å². The molecular formula is C20H27N3O2. The maximum absolute atomic E-state index is 12.1. The first-order valence-corrected chi connectivity index (χ1v) is 8.84. The molecule has 5 heteroatoms. The summed E-state index contributed by atoms with van der Waals surface area (Å²) in [6.45, 7) is 4.21. The SMILES string of the molecule is CCCCCCCCNC(=O)/C(C#N)=C/c1ccc(NC(C)=O)cc1. The maximum Gasteiger partial charge on any atom is 0.261 e. The van der Waals surface area contributed by atoms with E-state index in [0.717, 1.165) is 18.4 Å². The highest BCUT2D eigenvalue weighted by Gasteiger charge is 2.08. The molecule has 1 aromatic rings. The van der Waals surface area contributed by atoms with Crippen LogP contribution in [0.25, 0.3) is 6.08 Å². The molecular weight excluding hydrogens is 314 g/mol. The van der Waals surface area contributed by atoms with Crippen LogP contribution in [-0.4, -0.2) is 18.4 Å². The topological polar surface area (TPSA) is 82.0 Å². The normalized spacial score (nSPS) is 10.8. The molecule has 2 N–H and O–H groups in total. The van der Waals surface area contributed by atoms with Crippen LogP contribution in [0.1, 0.15) is 57.9 Å². The molecule has 0 unspecified atom stereocenters. The van der Waals surface area contributed by atoms with E-state index < -0.39 is 0 Å². The van der Waals surface area contributed by atoms with Gasteiger partial charge in [0.2, 0.25) is 5.91 Å². The molecule has 0 radical (unpaired) electrons. The van der Waals surface area contributed by atoms with E-state index in [9.17, 15) is 14.9 Å². The first-order chi connectivity index (χ1) is 12.1. The number of carbonyl (C=O) groups is 2. The molecule has 0 saturated heterocycles. The molecule has 0 aliphatic carbocycles. The minimum absolute atomic E-state index is 0.0817. The van der Waals surface area contributed by atoms with Crippen molar-refractivity contribution in [3.63, 3.8) is 0 Å². The Morgan fingerprint density at radius 2 is 1.72 bits per heavy atom. The van der Waals surface area contributed by atoms with Gasteiger partial charge in [-0.3, -0.25) is 9.59 Å². The number of amides is 2. The summed E-state index contributed by atoms with van der Waals surface area (Å²) in [7, 11) is 0. The van der Waals surface area contributed by atoms with Crippen LogP contribution in [0.5, 0.6) is 0 Å². The quantitative estimate of drug-likeness (QED) is 0.383. The van der Waals surface area contributed by atoms with Gasteiger partial charge < -0.3 is 10.6 Å². The van der Waals surface area contributed by atoms with Gasteiger partial charge in [-0.05, 0) is 30.2 Å². The number of unbranched alkanes of at least 4 members (excludes halogenated alkanes) is 5. The van der Waals surface area contributed by atoms with Crippen LogP contribution in [0.4, 0.5) is 5.69 Å². The molecule has 134 valence electrons. The Hall–Kier alpha value is -2.61. The van der Waals surface area contributed by atoms with Crippen LogP contribution in [-0.2, 0) is 9.59 Å². The summed E-state index contributed by atoms with van der Waals surface area (Å²) in [5, 5.41) is 14.7. The zero-order chi connectivity index (χ0) is 18.5. The second-order valence-electron chi connectivity index (χ2n) is 6.00. The first-order valence-electron chi connectivity index (χ1n) is 8.84. The average Bonchev–Trinajstić information content (AvgIpc) is 2.59. The lowest BCUT2D eigenvalue weighted by atomic mass is 10.1. The molecule has 0 aliphatic heterocycles. The van der Waals surface area contributed by atoms with Crippen molar-refractivity contribution < 1.29 is 9.59 Å². The van der Waals surface area contributed by atoms with Gasteiger partial charge in [0, 0.05) is 19.2 Å². The van der Waals surface area contributed by atoms with Gasteiger partial charge in [-0.1, -0.05) is 51.2 Å². The van der Waals surface area contributed by atoms with Crippen molar-refractivity contribution in [3.8, 4) is 6.07 Å². The summed E-state index contributed by atoms with van der Waals surface area (Å²) in [6.07, 6.45) is 8.48. The van der Waals surface area contributed by atoms with E-state index in [1.807, 2.05) is 6.07 Å². The largest absolute Gasteiger partial charge is 0.351 e. The Bertz CT molecular complexity index is 627. The molecule has 0 bridgehead atoms. The van der Waals surface area contributed by atoms with Crippen molar-refractivity contribution >= 4 is 23.6 Å². The highest BCUT2D eigenvalue weighted by Crippen LogP contribution is 2.12. The third kappa shape index (κ3) is 8.71. The zero-order valence-electron chi connectivity index (χ0n) is 15.1. The standard InChI is InChI=1S/C20H27N3O2/c1-3-4-5-6-7-8-13-22-20(25)18(15-21)14-17-9-11-19(12-10-17)23-16(2)24/h9-12,14H,3-8,13H2,1-2H3,(H,22,25)(H,23,24)/b18-14+. The van der Waals surface area contributed by atoms with Gasteiger partial charge in [0.1, 0.15) is 11.6 Å². The number of hydrogen-bond donors (Lipinski definition) is 2. The van der Waals surface area contributed by atoms with Crippen LogP contribution in [0.2, 0.25) is 0 Å². The van der Waals surface area contributed by atoms with E-state index in [0.29, 0.717) is 12.2 Å². The first kappa shape index (κ1) is 20.4. The van der Waals surface area contributed by atoms with Gasteiger partial charge in [0.15, 0.2) is 0 Å². The Labute approximate surface area is 150 Å². The fourth-order valence-corrected chi connectivity index (χ4v) is 2.38. The summed E-state index contributed by atoms with van der Waals surface area (Å²) in [6, 6.07) is 8.92. The molecule has 0 aromatic heterocycles. The molecule has 0 aliphatic rings. The summed E-state index contributed by atoms with van der Waals surface area (Å²) >= 11 is 0. The van der Waals surface area contributed by atoms with Gasteiger partial charge in [0.05, 0.1) is 0 Å². The second kappa shape index (κ2) is 11.9. The molecule has 5 nitrogen and oxygen atoms in total. The summed E-state index contributed by atoms with van der Waals surface area (Å²) in [5.74, 6) is -0.489. The molecule has 2 amide bonds. The molecule has 0 heterocycles. The Balaban J connectivity index is 2.48. The lowest BCUT2D eigenvalue weighted by Gasteiger charge is -2.05. The Kier molecular flexibility index (Phi) is 9.69. The van der Waals surface area contributed by atoms with E-state index in [-0.39, 0.29) is 17.4 Å². The van der Waals surface area contributed by atoms with Crippen LogP contribution in [0.3, 0.4) is 0 Å². The van der Waals surface area contributed by atoms with Crippen molar-refractivity contribution in [3.05, 3.63) is 35.4 Å². The lowest BCUT2D eigenvalue weighted by Crippen LogP contribution is -2.25. The van der Waals surface area contributed by atoms with E-state index in [1.54, 1.807) is 30.3 Å². The number of nitrogens with one attached hydrogen (secondary N) is 2. The van der Waals surface area contributed by atoms with Gasteiger partial charge in [-0.15, -0.1) is 0 Å². The number of benzene rings is 1. The van der Waals surface area contributed by atoms with Gasteiger partial charge in [-0.25, -0.2) is 0 Å². The van der Waals surface area contributed by atoms with Gasteiger partial charge in [0.25, 0.3) is 5.91 Å². The van der Waals surface area contributed by atoms with Crippen molar-refractivity contribution in [2.75, 3.05) is 11.9 Å². The van der Waals surface area contributed by atoms with Crippen molar-refractivity contribution in [1.29, 1.82) is 5.26 Å². The summed E-state index contributed by atoms with van der Waals surface area (Å²) < 4.78 is 0. The van der Waals surface area contributed by atoms with Crippen molar-refractivity contribution in [2.24, 2.45) is 0 Å². The molecule has 0 spiro atoms. The summed E-state index contributed by atoms with van der Waals surface area (Å²) in [4.78, 5) is 23.1. The fraction of sp³-hybridized carbons (Fsp3) is 0.450. The van der Waals surface area contributed by atoms with E-state index in [2.05, 4.69) is 17.6 Å². The van der Waals surface area contributed by atoms with Gasteiger partial charge in [-0.2, -0.15) is 5.26 Å². The van der Waals surface area contributed by atoms with Gasteiger partial charge >= 0.3 is 0 Å². The molecule has 0 saturated carbocycles. The monoisotopic (exact) mass is 341 g/mol. The number of anilines is 1.